The Balaban J connectivity index is 1.90. The van der Waals surface area contributed by atoms with E-state index in [4.69, 9.17) is 4.74 Å². The highest BCUT2D eigenvalue weighted by Gasteiger charge is 2.15. The highest BCUT2D eigenvalue weighted by atomic mass is 32.2. The van der Waals surface area contributed by atoms with Crippen LogP contribution in [0.5, 0.6) is 0 Å². The average Bonchev–Trinajstić information content (AvgIpc) is 2.21. The molecule has 0 radical (unpaired) electrons. The molecule has 0 spiro atoms. The van der Waals surface area contributed by atoms with Crippen molar-refractivity contribution in [3.63, 3.8) is 0 Å². The molecule has 1 aliphatic heterocycles. The molecule has 1 aliphatic rings. The number of hydrogen-bond acceptors (Lipinski definition) is 4. The van der Waals surface area contributed by atoms with Gasteiger partial charge in [0.05, 0.1) is 6.61 Å². The summed E-state index contributed by atoms with van der Waals surface area (Å²) in [5.74, 6) is 0. The summed E-state index contributed by atoms with van der Waals surface area (Å²) in [6, 6.07) is 1.83. The molecule has 2 rings (SSSR count). The zero-order valence-corrected chi connectivity index (χ0v) is 8.17. The van der Waals surface area contributed by atoms with Crippen molar-refractivity contribution in [3.05, 3.63) is 18.5 Å². The second-order valence-corrected chi connectivity index (χ2v) is 4.26. The molecule has 4 heteroatoms. The van der Waals surface area contributed by atoms with Crippen molar-refractivity contribution in [2.75, 3.05) is 13.2 Å². The standard InChI is InChI=1S/C9H12N2OS/c1-3-8(7-12-6-1)13-9-10-4-2-5-11-9/h2,4-5,8H,1,3,6-7H2. The molecule has 0 aromatic carbocycles. The van der Waals surface area contributed by atoms with Crippen molar-refractivity contribution in [2.45, 2.75) is 23.2 Å². The third-order valence-corrected chi connectivity index (χ3v) is 3.06. The molecule has 0 N–H and O–H groups in total. The number of rotatable bonds is 2. The van der Waals surface area contributed by atoms with Crippen LogP contribution in [0.2, 0.25) is 0 Å². The molecule has 1 saturated heterocycles. The van der Waals surface area contributed by atoms with Gasteiger partial charge in [0.1, 0.15) is 0 Å². The maximum Gasteiger partial charge on any atom is 0.187 e. The zero-order chi connectivity index (χ0) is 8.93. The monoisotopic (exact) mass is 196 g/mol. The van der Waals surface area contributed by atoms with Gasteiger partial charge in [-0.1, -0.05) is 11.8 Å². The maximum absolute atomic E-state index is 5.38. The Labute approximate surface area is 81.9 Å². The van der Waals surface area contributed by atoms with E-state index in [9.17, 15) is 0 Å². The van der Waals surface area contributed by atoms with E-state index in [0.29, 0.717) is 5.25 Å². The van der Waals surface area contributed by atoms with Gasteiger partial charge in [-0.05, 0) is 18.9 Å². The minimum Gasteiger partial charge on any atom is -0.380 e. The van der Waals surface area contributed by atoms with Crippen molar-refractivity contribution < 1.29 is 4.74 Å². The molecule has 3 nitrogen and oxygen atoms in total. The summed E-state index contributed by atoms with van der Waals surface area (Å²) in [5, 5.41) is 1.40. The molecule has 13 heavy (non-hydrogen) atoms. The Hall–Kier alpha value is -0.610. The van der Waals surface area contributed by atoms with E-state index in [0.717, 1.165) is 24.8 Å². The van der Waals surface area contributed by atoms with Gasteiger partial charge in [0.15, 0.2) is 5.16 Å². The molecule has 1 aromatic heterocycles. The molecule has 1 atom stereocenters. The number of ether oxygens (including phenoxy) is 1. The number of aromatic nitrogens is 2. The summed E-state index contributed by atoms with van der Waals surface area (Å²) < 4.78 is 5.38. The molecule has 1 unspecified atom stereocenters. The Morgan fingerprint density at radius 3 is 2.92 bits per heavy atom. The smallest absolute Gasteiger partial charge is 0.187 e. The normalized spacial score (nSPS) is 22.9. The van der Waals surface area contributed by atoms with Gasteiger partial charge in [0.25, 0.3) is 0 Å². The third kappa shape index (κ3) is 2.67. The molecule has 70 valence electrons. The first-order valence-corrected chi connectivity index (χ1v) is 5.34. The Morgan fingerprint density at radius 1 is 1.38 bits per heavy atom. The lowest BCUT2D eigenvalue weighted by atomic mass is 10.2. The van der Waals surface area contributed by atoms with E-state index < -0.39 is 0 Å². The van der Waals surface area contributed by atoms with E-state index in [-0.39, 0.29) is 0 Å². The highest BCUT2D eigenvalue weighted by Crippen LogP contribution is 2.25. The summed E-state index contributed by atoms with van der Waals surface area (Å²) in [4.78, 5) is 8.34. The van der Waals surface area contributed by atoms with Gasteiger partial charge < -0.3 is 4.74 Å². The van der Waals surface area contributed by atoms with Crippen molar-refractivity contribution in [1.29, 1.82) is 0 Å². The summed E-state index contributed by atoms with van der Waals surface area (Å²) in [6.45, 7) is 1.75. The fourth-order valence-corrected chi connectivity index (χ4v) is 2.29. The Bertz CT molecular complexity index is 249. The predicted molar refractivity (Wildman–Crippen MR) is 51.7 cm³/mol. The summed E-state index contributed by atoms with van der Waals surface area (Å²) in [7, 11) is 0. The number of nitrogens with zero attached hydrogens (tertiary/aromatic N) is 2. The minimum atomic E-state index is 0.538. The van der Waals surface area contributed by atoms with Crippen molar-refractivity contribution in [3.8, 4) is 0 Å². The van der Waals surface area contributed by atoms with Gasteiger partial charge in [-0.3, -0.25) is 0 Å². The van der Waals surface area contributed by atoms with Gasteiger partial charge in [-0.15, -0.1) is 0 Å². The first-order valence-electron chi connectivity index (χ1n) is 4.46. The number of hydrogen-bond donors (Lipinski definition) is 0. The van der Waals surface area contributed by atoms with E-state index in [1.807, 2.05) is 6.07 Å². The summed E-state index contributed by atoms with van der Waals surface area (Å²) in [5.41, 5.74) is 0. The van der Waals surface area contributed by atoms with Crippen molar-refractivity contribution >= 4 is 11.8 Å². The number of thioether (sulfide) groups is 1. The molecule has 0 amide bonds. The third-order valence-electron chi connectivity index (χ3n) is 1.93. The topological polar surface area (TPSA) is 35.0 Å². The van der Waals surface area contributed by atoms with Gasteiger partial charge in [-0.25, -0.2) is 9.97 Å². The molecule has 1 aromatic rings. The largest absolute Gasteiger partial charge is 0.380 e. The molecule has 2 heterocycles. The second kappa shape index (κ2) is 4.58. The highest BCUT2D eigenvalue weighted by molar-refractivity contribution is 7.99. The Kier molecular flexibility index (Phi) is 3.16. The molecule has 0 bridgehead atoms. The van der Waals surface area contributed by atoms with Crippen LogP contribution >= 0.6 is 11.8 Å². The van der Waals surface area contributed by atoms with Gasteiger partial charge in [-0.2, -0.15) is 0 Å². The first-order chi connectivity index (χ1) is 6.45. The van der Waals surface area contributed by atoms with Crippen molar-refractivity contribution in [2.24, 2.45) is 0 Å². The van der Waals surface area contributed by atoms with E-state index in [2.05, 4.69) is 9.97 Å². The molecular weight excluding hydrogens is 184 g/mol. The average molecular weight is 196 g/mol. The van der Waals surface area contributed by atoms with E-state index in [1.54, 1.807) is 24.2 Å². The van der Waals surface area contributed by atoms with E-state index >= 15 is 0 Å². The van der Waals surface area contributed by atoms with Crippen LogP contribution in [0.3, 0.4) is 0 Å². The lowest BCUT2D eigenvalue weighted by Gasteiger charge is -2.20. The lowest BCUT2D eigenvalue weighted by Crippen LogP contribution is -2.19. The molecule has 0 aliphatic carbocycles. The minimum absolute atomic E-state index is 0.538. The fourth-order valence-electron chi connectivity index (χ4n) is 1.30. The Morgan fingerprint density at radius 2 is 2.23 bits per heavy atom. The van der Waals surface area contributed by atoms with Crippen LogP contribution in [0.4, 0.5) is 0 Å². The quantitative estimate of drug-likeness (QED) is 0.675. The molecule has 1 fully saturated rings. The van der Waals surface area contributed by atoms with Crippen LogP contribution in [0, 0.1) is 0 Å². The van der Waals surface area contributed by atoms with Crippen LogP contribution in [-0.2, 0) is 4.74 Å². The second-order valence-electron chi connectivity index (χ2n) is 2.99. The molecule has 0 saturated carbocycles. The van der Waals surface area contributed by atoms with Crippen LogP contribution in [-0.4, -0.2) is 28.4 Å². The zero-order valence-electron chi connectivity index (χ0n) is 7.35. The van der Waals surface area contributed by atoms with Crippen LogP contribution in [0.25, 0.3) is 0 Å². The molecular formula is C9H12N2OS. The van der Waals surface area contributed by atoms with Gasteiger partial charge in [0, 0.05) is 24.3 Å². The SMILES string of the molecule is c1cnc(SC2CCCOC2)nc1. The van der Waals surface area contributed by atoms with Gasteiger partial charge in [0.2, 0.25) is 0 Å². The van der Waals surface area contributed by atoms with Crippen LogP contribution < -0.4 is 0 Å². The summed E-state index contributed by atoms with van der Waals surface area (Å²) in [6.07, 6.45) is 5.92. The van der Waals surface area contributed by atoms with Crippen molar-refractivity contribution in [1.82, 2.24) is 9.97 Å². The van der Waals surface area contributed by atoms with Crippen LogP contribution in [0.15, 0.2) is 23.6 Å². The van der Waals surface area contributed by atoms with Crippen LogP contribution in [0.1, 0.15) is 12.8 Å². The first kappa shape index (κ1) is 8.97. The predicted octanol–water partition coefficient (Wildman–Crippen LogP) is 1.75. The summed E-state index contributed by atoms with van der Waals surface area (Å²) >= 11 is 1.72. The maximum atomic E-state index is 5.38. The fraction of sp³-hybridized carbons (Fsp3) is 0.556. The van der Waals surface area contributed by atoms with E-state index in [1.165, 1.54) is 6.42 Å². The van der Waals surface area contributed by atoms with Gasteiger partial charge >= 0.3 is 0 Å². The lowest BCUT2D eigenvalue weighted by molar-refractivity contribution is 0.101.